The van der Waals surface area contributed by atoms with Crippen LogP contribution in [0.4, 0.5) is 0 Å². The van der Waals surface area contributed by atoms with Crippen molar-refractivity contribution in [1.29, 1.82) is 0 Å². The number of para-hydroxylation sites is 3. The molecule has 5 aromatic rings. The SMILES string of the molecule is C/C=C/C.C/C=C/C.CC(C)c1ccccc1.CC(C)c1ccccc1.OC(COc1ccccc1)COc1ccccc1.Oc1ccccc1. The average molecular weight is 691 g/mol. The molecule has 0 aliphatic rings. The maximum atomic E-state index is 9.72. The first-order valence-corrected chi connectivity index (χ1v) is 17.7. The van der Waals surface area contributed by atoms with E-state index in [0.29, 0.717) is 17.6 Å². The van der Waals surface area contributed by atoms with Crippen LogP contribution in [-0.2, 0) is 0 Å². The van der Waals surface area contributed by atoms with Crippen LogP contribution in [0, 0.1) is 0 Å². The van der Waals surface area contributed by atoms with Gasteiger partial charge in [-0.25, -0.2) is 0 Å². The number of ether oxygens (including phenoxy) is 2. The molecule has 0 aliphatic carbocycles. The van der Waals surface area contributed by atoms with Crippen LogP contribution < -0.4 is 9.47 Å². The first kappa shape index (κ1) is 45.9. The number of benzene rings is 5. The molecule has 0 saturated heterocycles. The quantitative estimate of drug-likeness (QED) is 0.159. The molecule has 4 nitrogen and oxygen atoms in total. The van der Waals surface area contributed by atoms with E-state index in [0.717, 1.165) is 11.5 Å². The number of phenolic OH excluding ortho intramolecular Hbond substituents is 1. The summed E-state index contributed by atoms with van der Waals surface area (Å²) in [5, 5.41) is 18.4. The van der Waals surface area contributed by atoms with Gasteiger partial charge in [0.05, 0.1) is 0 Å². The summed E-state index contributed by atoms with van der Waals surface area (Å²) in [4.78, 5) is 0. The molecule has 4 heteroatoms. The van der Waals surface area contributed by atoms with Crippen LogP contribution in [0.5, 0.6) is 17.2 Å². The van der Waals surface area contributed by atoms with E-state index in [1.807, 2.05) is 131 Å². The normalized spacial score (nSPS) is 9.88. The van der Waals surface area contributed by atoms with Crippen LogP contribution in [-0.4, -0.2) is 29.5 Å². The molecular formula is C47H62O4. The Hall–Kier alpha value is -5.06. The van der Waals surface area contributed by atoms with Gasteiger partial charge in [-0.3, -0.25) is 0 Å². The van der Waals surface area contributed by atoms with Gasteiger partial charge in [-0.1, -0.05) is 167 Å². The molecule has 0 fully saturated rings. The lowest BCUT2D eigenvalue weighted by atomic mass is 10.0. The molecule has 0 unspecified atom stereocenters. The Labute approximate surface area is 309 Å². The van der Waals surface area contributed by atoms with Crippen molar-refractivity contribution in [2.45, 2.75) is 73.3 Å². The Balaban J connectivity index is 0.000000646. The van der Waals surface area contributed by atoms with Crippen molar-refractivity contribution in [2.24, 2.45) is 0 Å². The van der Waals surface area contributed by atoms with Crippen molar-refractivity contribution in [3.8, 4) is 17.2 Å². The van der Waals surface area contributed by atoms with Crippen molar-refractivity contribution < 1.29 is 19.7 Å². The molecule has 5 rings (SSSR count). The zero-order chi connectivity index (χ0) is 38.0. The summed E-state index contributed by atoms with van der Waals surface area (Å²) in [6, 6.07) is 48.6. The fourth-order valence-corrected chi connectivity index (χ4v) is 3.57. The fourth-order valence-electron chi connectivity index (χ4n) is 3.57. The number of aliphatic hydroxyl groups excluding tert-OH is 1. The molecule has 0 saturated carbocycles. The van der Waals surface area contributed by atoms with Gasteiger partial charge in [-0.05, 0) is 87.1 Å². The molecule has 5 aromatic carbocycles. The standard InChI is InChI=1S/C15H16O3.2C9H12.C6H6O.2C4H8/c16-13(11-17-14-7-3-1-4-8-14)12-18-15-9-5-2-6-10-15;2*1-8(2)9-6-4-3-5-7-9;7-6-4-2-1-3-5-6;2*1-3-4-2/h1-10,13,16H,11-12H2;2*3-8H,1-2H3;1-5,7H;2*3-4H,1-2H3/b;;;;2*4-3+. The van der Waals surface area contributed by atoms with Crippen LogP contribution >= 0.6 is 0 Å². The summed E-state index contributed by atoms with van der Waals surface area (Å²) >= 11 is 0. The minimum atomic E-state index is -0.648. The smallest absolute Gasteiger partial charge is 0.122 e. The highest BCUT2D eigenvalue weighted by atomic mass is 16.5. The first-order valence-electron chi connectivity index (χ1n) is 17.7. The van der Waals surface area contributed by atoms with Gasteiger partial charge < -0.3 is 19.7 Å². The predicted octanol–water partition coefficient (Wildman–Crippen LogP) is 12.7. The van der Waals surface area contributed by atoms with Gasteiger partial charge in [-0.2, -0.15) is 0 Å². The van der Waals surface area contributed by atoms with E-state index < -0.39 is 6.10 Å². The number of allylic oxidation sites excluding steroid dienone is 4. The molecule has 2 N–H and O–H groups in total. The zero-order valence-electron chi connectivity index (χ0n) is 32.1. The van der Waals surface area contributed by atoms with Crippen LogP contribution in [0.25, 0.3) is 0 Å². The van der Waals surface area contributed by atoms with E-state index in [1.165, 1.54) is 11.1 Å². The van der Waals surface area contributed by atoms with Crippen LogP contribution in [0.1, 0.15) is 78.4 Å². The fraction of sp³-hybridized carbons (Fsp3) is 0.277. The maximum Gasteiger partial charge on any atom is 0.122 e. The Morgan fingerprint density at radius 3 is 0.882 bits per heavy atom. The molecule has 0 radical (unpaired) electrons. The molecule has 0 amide bonds. The Bertz CT molecular complexity index is 1360. The van der Waals surface area contributed by atoms with E-state index in [4.69, 9.17) is 14.6 Å². The van der Waals surface area contributed by atoms with E-state index in [1.54, 1.807) is 24.3 Å². The Morgan fingerprint density at radius 2 is 0.686 bits per heavy atom. The zero-order valence-corrected chi connectivity index (χ0v) is 32.1. The molecule has 0 atom stereocenters. The maximum absolute atomic E-state index is 9.72. The second-order valence-corrected chi connectivity index (χ2v) is 11.7. The highest BCUT2D eigenvalue weighted by molar-refractivity contribution is 5.22. The summed E-state index contributed by atoms with van der Waals surface area (Å²) in [6.45, 7) is 17.3. The van der Waals surface area contributed by atoms with Gasteiger partial charge in [0.15, 0.2) is 0 Å². The van der Waals surface area contributed by atoms with E-state index >= 15 is 0 Å². The third-order valence-electron chi connectivity index (χ3n) is 6.73. The third kappa shape index (κ3) is 27.5. The monoisotopic (exact) mass is 690 g/mol. The van der Waals surface area contributed by atoms with Crippen molar-refractivity contribution in [3.63, 3.8) is 0 Å². The number of aromatic hydroxyl groups is 1. The lowest BCUT2D eigenvalue weighted by Crippen LogP contribution is -2.25. The molecule has 0 spiro atoms. The Kier molecular flexibility index (Phi) is 29.0. The van der Waals surface area contributed by atoms with Crippen molar-refractivity contribution in [2.75, 3.05) is 13.2 Å². The van der Waals surface area contributed by atoms with Crippen LogP contribution in [0.3, 0.4) is 0 Å². The number of phenols is 1. The van der Waals surface area contributed by atoms with Crippen LogP contribution in [0.15, 0.2) is 176 Å². The second kappa shape index (κ2) is 32.2. The summed E-state index contributed by atoms with van der Waals surface area (Å²) < 4.78 is 10.9. The summed E-state index contributed by atoms with van der Waals surface area (Å²) in [6.07, 6.45) is 7.35. The van der Waals surface area contributed by atoms with Gasteiger partial charge in [0.1, 0.15) is 36.6 Å². The van der Waals surface area contributed by atoms with Gasteiger partial charge in [0.25, 0.3) is 0 Å². The molecule has 0 aromatic heterocycles. The molecule has 0 bridgehead atoms. The van der Waals surface area contributed by atoms with Crippen molar-refractivity contribution in [1.82, 2.24) is 0 Å². The lowest BCUT2D eigenvalue weighted by molar-refractivity contribution is 0.0626. The molecular weight excluding hydrogens is 629 g/mol. The highest BCUT2D eigenvalue weighted by Crippen LogP contribution is 2.13. The van der Waals surface area contributed by atoms with Gasteiger partial charge in [0.2, 0.25) is 0 Å². The molecule has 274 valence electrons. The summed E-state index contributed by atoms with van der Waals surface area (Å²) in [5.41, 5.74) is 2.83. The Morgan fingerprint density at radius 1 is 0.431 bits per heavy atom. The second-order valence-electron chi connectivity index (χ2n) is 11.7. The van der Waals surface area contributed by atoms with Crippen LogP contribution in [0.2, 0.25) is 0 Å². The minimum absolute atomic E-state index is 0.219. The number of hydrogen-bond donors (Lipinski definition) is 2. The van der Waals surface area contributed by atoms with E-state index in [-0.39, 0.29) is 13.2 Å². The molecule has 0 heterocycles. The number of rotatable bonds is 8. The van der Waals surface area contributed by atoms with E-state index in [2.05, 4.69) is 76.2 Å². The molecule has 0 aliphatic heterocycles. The predicted molar refractivity (Wildman–Crippen MR) is 220 cm³/mol. The number of hydrogen-bond acceptors (Lipinski definition) is 4. The lowest BCUT2D eigenvalue weighted by Gasteiger charge is -2.13. The van der Waals surface area contributed by atoms with Gasteiger partial charge in [0, 0.05) is 0 Å². The van der Waals surface area contributed by atoms with E-state index in [9.17, 15) is 5.11 Å². The highest BCUT2D eigenvalue weighted by Gasteiger charge is 2.06. The molecule has 51 heavy (non-hydrogen) atoms. The largest absolute Gasteiger partial charge is 0.508 e. The minimum Gasteiger partial charge on any atom is -0.508 e. The van der Waals surface area contributed by atoms with Crippen molar-refractivity contribution >= 4 is 0 Å². The van der Waals surface area contributed by atoms with Gasteiger partial charge >= 0.3 is 0 Å². The summed E-state index contributed by atoms with van der Waals surface area (Å²) in [5.74, 6) is 3.13. The topological polar surface area (TPSA) is 58.9 Å². The van der Waals surface area contributed by atoms with Gasteiger partial charge in [-0.15, -0.1) is 0 Å². The van der Waals surface area contributed by atoms with Crippen molar-refractivity contribution in [3.05, 3.63) is 187 Å². The summed E-state index contributed by atoms with van der Waals surface area (Å²) in [7, 11) is 0. The average Bonchev–Trinajstić information content (AvgIpc) is 3.19. The third-order valence-corrected chi connectivity index (χ3v) is 6.73. The number of aliphatic hydroxyl groups is 1. The first-order chi connectivity index (χ1) is 24.7.